The van der Waals surface area contributed by atoms with Gasteiger partial charge in [0.25, 0.3) is 0 Å². The van der Waals surface area contributed by atoms with Gasteiger partial charge in [0.2, 0.25) is 0 Å². The Bertz CT molecular complexity index is 404. The average Bonchev–Trinajstić information content (AvgIpc) is 3.12. The number of ketones is 1. The summed E-state index contributed by atoms with van der Waals surface area (Å²) in [5.74, 6) is -0.694. The number of carbonyl (C=O) groups is 1. The lowest BCUT2D eigenvalue weighted by atomic mass is 10.1. The van der Waals surface area contributed by atoms with Crippen LogP contribution in [-0.4, -0.2) is 41.5 Å². The largest absolute Gasteiger partial charge is 0.395 e. The molecule has 0 radical (unpaired) electrons. The van der Waals surface area contributed by atoms with E-state index in [2.05, 4.69) is 0 Å². The van der Waals surface area contributed by atoms with Gasteiger partial charge in [-0.05, 0) is 25.0 Å². The highest BCUT2D eigenvalue weighted by atomic mass is 19.1. The second kappa shape index (κ2) is 5.38. The number of benzene rings is 1. The third-order valence-electron chi connectivity index (χ3n) is 2.97. The van der Waals surface area contributed by atoms with Crippen LogP contribution < -0.4 is 0 Å². The molecule has 0 saturated heterocycles. The molecule has 0 aliphatic heterocycles. The van der Waals surface area contributed by atoms with Gasteiger partial charge in [-0.2, -0.15) is 0 Å². The Balaban J connectivity index is 2.02. The van der Waals surface area contributed by atoms with Gasteiger partial charge in [0.1, 0.15) is 5.82 Å². The molecule has 0 bridgehead atoms. The molecular formula is C13H16FNO2. The number of rotatable bonds is 6. The van der Waals surface area contributed by atoms with Crippen LogP contribution in [0.2, 0.25) is 0 Å². The van der Waals surface area contributed by atoms with Crippen molar-refractivity contribution in [2.24, 2.45) is 0 Å². The lowest BCUT2D eigenvalue weighted by Crippen LogP contribution is -2.34. The maximum absolute atomic E-state index is 13.4. The standard InChI is InChI=1S/C13H16FNO2/c14-12-4-2-1-3-11(12)13(17)9-15(7-8-16)10-5-6-10/h1-4,10,16H,5-9H2. The van der Waals surface area contributed by atoms with Crippen molar-refractivity contribution in [3.63, 3.8) is 0 Å². The number of carbonyl (C=O) groups excluding carboxylic acids is 1. The fourth-order valence-corrected chi connectivity index (χ4v) is 1.92. The zero-order valence-corrected chi connectivity index (χ0v) is 9.60. The Hall–Kier alpha value is -1.26. The molecule has 0 unspecified atom stereocenters. The van der Waals surface area contributed by atoms with Gasteiger partial charge in [-0.3, -0.25) is 9.69 Å². The number of halogens is 1. The maximum Gasteiger partial charge on any atom is 0.179 e. The average molecular weight is 237 g/mol. The van der Waals surface area contributed by atoms with Crippen molar-refractivity contribution in [1.29, 1.82) is 0 Å². The molecule has 92 valence electrons. The molecular weight excluding hydrogens is 221 g/mol. The zero-order valence-electron chi connectivity index (χ0n) is 9.60. The Labute approximate surface area is 99.9 Å². The molecule has 1 fully saturated rings. The van der Waals surface area contributed by atoms with Gasteiger partial charge in [0, 0.05) is 12.6 Å². The summed E-state index contributed by atoms with van der Waals surface area (Å²) < 4.78 is 13.4. The molecule has 1 aromatic carbocycles. The fourth-order valence-electron chi connectivity index (χ4n) is 1.92. The molecule has 1 aliphatic rings. The van der Waals surface area contributed by atoms with Crippen LogP contribution in [0.15, 0.2) is 24.3 Å². The predicted octanol–water partition coefficient (Wildman–Crippen LogP) is 1.47. The van der Waals surface area contributed by atoms with Crippen LogP contribution in [0.1, 0.15) is 23.2 Å². The Kier molecular flexibility index (Phi) is 3.86. The lowest BCUT2D eigenvalue weighted by Gasteiger charge is -2.19. The first-order valence-corrected chi connectivity index (χ1v) is 5.85. The first-order valence-electron chi connectivity index (χ1n) is 5.85. The minimum Gasteiger partial charge on any atom is -0.395 e. The monoisotopic (exact) mass is 237 g/mol. The molecule has 0 heterocycles. The van der Waals surface area contributed by atoms with E-state index in [1.807, 2.05) is 4.90 Å². The topological polar surface area (TPSA) is 40.5 Å². The molecule has 0 atom stereocenters. The quantitative estimate of drug-likeness (QED) is 0.762. The first kappa shape index (κ1) is 12.2. The fraction of sp³-hybridized carbons (Fsp3) is 0.462. The van der Waals surface area contributed by atoms with E-state index in [-0.39, 0.29) is 24.5 Å². The molecule has 1 N–H and O–H groups in total. The number of hydrogen-bond acceptors (Lipinski definition) is 3. The molecule has 0 amide bonds. The van der Waals surface area contributed by atoms with Crippen LogP contribution in [-0.2, 0) is 0 Å². The second-order valence-corrected chi connectivity index (χ2v) is 4.33. The van der Waals surface area contributed by atoms with Gasteiger partial charge in [0.05, 0.1) is 18.7 Å². The van der Waals surface area contributed by atoms with Crippen molar-refractivity contribution >= 4 is 5.78 Å². The highest BCUT2D eigenvalue weighted by molar-refractivity contribution is 5.97. The molecule has 0 aromatic heterocycles. The summed E-state index contributed by atoms with van der Waals surface area (Å²) in [7, 11) is 0. The molecule has 4 heteroatoms. The van der Waals surface area contributed by atoms with Crippen molar-refractivity contribution in [3.8, 4) is 0 Å². The van der Waals surface area contributed by atoms with E-state index in [0.29, 0.717) is 12.6 Å². The third-order valence-corrected chi connectivity index (χ3v) is 2.97. The van der Waals surface area contributed by atoms with Gasteiger partial charge >= 0.3 is 0 Å². The van der Waals surface area contributed by atoms with Gasteiger partial charge in [-0.1, -0.05) is 12.1 Å². The molecule has 17 heavy (non-hydrogen) atoms. The van der Waals surface area contributed by atoms with E-state index >= 15 is 0 Å². The van der Waals surface area contributed by atoms with E-state index in [1.54, 1.807) is 12.1 Å². The Morgan fingerprint density at radius 2 is 2.12 bits per heavy atom. The number of aliphatic hydroxyl groups excluding tert-OH is 1. The van der Waals surface area contributed by atoms with Gasteiger partial charge < -0.3 is 5.11 Å². The Morgan fingerprint density at radius 3 is 2.71 bits per heavy atom. The highest BCUT2D eigenvalue weighted by Gasteiger charge is 2.30. The Morgan fingerprint density at radius 1 is 1.41 bits per heavy atom. The smallest absolute Gasteiger partial charge is 0.179 e. The van der Waals surface area contributed by atoms with Crippen LogP contribution in [0.25, 0.3) is 0 Å². The van der Waals surface area contributed by atoms with Crippen LogP contribution >= 0.6 is 0 Å². The SMILES string of the molecule is O=C(CN(CCO)C1CC1)c1ccccc1F. The second-order valence-electron chi connectivity index (χ2n) is 4.33. The summed E-state index contributed by atoms with van der Waals surface area (Å²) in [6.07, 6.45) is 2.12. The molecule has 1 saturated carbocycles. The van der Waals surface area contributed by atoms with E-state index < -0.39 is 5.82 Å². The predicted molar refractivity (Wildman–Crippen MR) is 62.4 cm³/mol. The summed E-state index contributed by atoms with van der Waals surface area (Å²) in [5.41, 5.74) is 0.135. The molecule has 2 rings (SSSR count). The van der Waals surface area contributed by atoms with Gasteiger partial charge in [-0.15, -0.1) is 0 Å². The van der Waals surface area contributed by atoms with Crippen LogP contribution in [0.4, 0.5) is 4.39 Å². The molecule has 3 nitrogen and oxygen atoms in total. The minimum atomic E-state index is -0.475. The third kappa shape index (κ3) is 3.11. The summed E-state index contributed by atoms with van der Waals surface area (Å²) in [6.45, 7) is 0.693. The number of aliphatic hydroxyl groups is 1. The normalized spacial score (nSPS) is 15.2. The van der Waals surface area contributed by atoms with Crippen molar-refractivity contribution in [3.05, 3.63) is 35.6 Å². The van der Waals surface area contributed by atoms with Crippen molar-refractivity contribution < 1.29 is 14.3 Å². The number of hydrogen-bond donors (Lipinski definition) is 1. The van der Waals surface area contributed by atoms with Crippen molar-refractivity contribution in [2.75, 3.05) is 19.7 Å². The van der Waals surface area contributed by atoms with Crippen molar-refractivity contribution in [2.45, 2.75) is 18.9 Å². The van der Waals surface area contributed by atoms with Crippen molar-refractivity contribution in [1.82, 2.24) is 4.90 Å². The number of Topliss-reactive ketones (excluding diaryl/α,β-unsaturated/α-hetero) is 1. The van der Waals surface area contributed by atoms with E-state index in [9.17, 15) is 9.18 Å². The minimum absolute atomic E-state index is 0.0288. The van der Waals surface area contributed by atoms with Gasteiger partial charge in [-0.25, -0.2) is 4.39 Å². The molecule has 1 aliphatic carbocycles. The highest BCUT2D eigenvalue weighted by Crippen LogP contribution is 2.26. The van der Waals surface area contributed by atoms with Crippen LogP contribution in [0, 0.1) is 5.82 Å². The van der Waals surface area contributed by atoms with Crippen LogP contribution in [0.5, 0.6) is 0 Å². The first-order chi connectivity index (χ1) is 8.22. The number of nitrogens with zero attached hydrogens (tertiary/aromatic N) is 1. The van der Waals surface area contributed by atoms with E-state index in [1.165, 1.54) is 12.1 Å². The summed E-state index contributed by atoms with van der Waals surface area (Å²) in [6, 6.07) is 6.41. The van der Waals surface area contributed by atoms with Gasteiger partial charge in [0.15, 0.2) is 5.78 Å². The maximum atomic E-state index is 13.4. The van der Waals surface area contributed by atoms with E-state index in [4.69, 9.17) is 5.11 Å². The summed E-state index contributed by atoms with van der Waals surface area (Å²) >= 11 is 0. The van der Waals surface area contributed by atoms with Crippen LogP contribution in [0.3, 0.4) is 0 Å². The van der Waals surface area contributed by atoms with E-state index in [0.717, 1.165) is 12.8 Å². The zero-order chi connectivity index (χ0) is 12.3. The molecule has 1 aromatic rings. The summed E-state index contributed by atoms with van der Waals surface area (Å²) in [5, 5.41) is 8.92. The summed E-state index contributed by atoms with van der Waals surface area (Å²) in [4.78, 5) is 13.8. The lowest BCUT2D eigenvalue weighted by molar-refractivity contribution is 0.0903. The molecule has 0 spiro atoms.